The number of methoxy groups -OCH3 is 2. The standard InChI is InChI=1S/C10H15BrN2O3/c1-15-8(4-12)6-13-5-7(11)3-9(13)10(14)16-2/h3,5,8H,4,6,12H2,1-2H3/t8-/m1/s1. The molecule has 1 atom stereocenters. The third kappa shape index (κ3) is 3.07. The van der Waals surface area contributed by atoms with Crippen LogP contribution in [0.1, 0.15) is 10.5 Å². The quantitative estimate of drug-likeness (QED) is 0.822. The highest BCUT2D eigenvalue weighted by molar-refractivity contribution is 9.10. The Hall–Kier alpha value is -0.850. The van der Waals surface area contributed by atoms with Crippen LogP contribution in [0, 0.1) is 0 Å². The molecule has 0 saturated carbocycles. The van der Waals surface area contributed by atoms with E-state index in [9.17, 15) is 4.79 Å². The minimum absolute atomic E-state index is 0.122. The van der Waals surface area contributed by atoms with Gasteiger partial charge in [0, 0.05) is 24.3 Å². The summed E-state index contributed by atoms with van der Waals surface area (Å²) in [6, 6.07) is 1.70. The van der Waals surface area contributed by atoms with E-state index in [1.165, 1.54) is 7.11 Å². The summed E-state index contributed by atoms with van der Waals surface area (Å²) in [4.78, 5) is 11.5. The van der Waals surface area contributed by atoms with Crippen molar-refractivity contribution < 1.29 is 14.3 Å². The Kier molecular flexibility index (Phi) is 4.98. The molecule has 2 N–H and O–H groups in total. The van der Waals surface area contributed by atoms with Gasteiger partial charge in [0.1, 0.15) is 5.69 Å². The molecule has 0 aliphatic rings. The molecule has 0 radical (unpaired) electrons. The Morgan fingerprint density at radius 2 is 2.31 bits per heavy atom. The third-order valence-corrected chi connectivity index (χ3v) is 2.69. The molecule has 0 unspecified atom stereocenters. The van der Waals surface area contributed by atoms with E-state index in [0.29, 0.717) is 18.8 Å². The van der Waals surface area contributed by atoms with Crippen molar-refractivity contribution in [3.8, 4) is 0 Å². The van der Waals surface area contributed by atoms with Crippen LogP contribution in [0.5, 0.6) is 0 Å². The van der Waals surface area contributed by atoms with E-state index in [0.717, 1.165) is 4.47 Å². The number of aromatic nitrogens is 1. The third-order valence-electron chi connectivity index (χ3n) is 2.25. The summed E-state index contributed by atoms with van der Waals surface area (Å²) in [5, 5.41) is 0. The average Bonchev–Trinajstić information content (AvgIpc) is 2.66. The molecule has 5 nitrogen and oxygen atoms in total. The molecule has 1 heterocycles. The van der Waals surface area contributed by atoms with Gasteiger partial charge >= 0.3 is 5.97 Å². The Morgan fingerprint density at radius 3 is 2.81 bits per heavy atom. The lowest BCUT2D eigenvalue weighted by Gasteiger charge is -2.15. The first kappa shape index (κ1) is 13.2. The van der Waals surface area contributed by atoms with Gasteiger partial charge in [0.15, 0.2) is 0 Å². The monoisotopic (exact) mass is 290 g/mol. The van der Waals surface area contributed by atoms with Gasteiger partial charge in [-0.1, -0.05) is 0 Å². The number of hydrogen-bond donors (Lipinski definition) is 1. The first-order chi connectivity index (χ1) is 7.62. The van der Waals surface area contributed by atoms with Crippen molar-refractivity contribution in [1.82, 2.24) is 4.57 Å². The fraction of sp³-hybridized carbons (Fsp3) is 0.500. The van der Waals surface area contributed by atoms with Crippen molar-refractivity contribution in [3.05, 3.63) is 22.4 Å². The van der Waals surface area contributed by atoms with Crippen LogP contribution in [-0.4, -0.2) is 37.4 Å². The second-order valence-corrected chi connectivity index (χ2v) is 4.20. The van der Waals surface area contributed by atoms with E-state index in [4.69, 9.17) is 10.5 Å². The van der Waals surface area contributed by atoms with Crippen LogP contribution in [0.25, 0.3) is 0 Å². The van der Waals surface area contributed by atoms with Gasteiger partial charge < -0.3 is 19.8 Å². The zero-order valence-corrected chi connectivity index (χ0v) is 10.9. The van der Waals surface area contributed by atoms with Gasteiger partial charge in [0.2, 0.25) is 0 Å². The lowest BCUT2D eigenvalue weighted by molar-refractivity contribution is 0.0575. The number of nitrogens with zero attached hydrogens (tertiary/aromatic N) is 1. The Labute approximate surface area is 103 Å². The lowest BCUT2D eigenvalue weighted by Crippen LogP contribution is -2.28. The highest BCUT2D eigenvalue weighted by atomic mass is 79.9. The maximum atomic E-state index is 11.5. The largest absolute Gasteiger partial charge is 0.464 e. The predicted molar refractivity (Wildman–Crippen MR) is 63.3 cm³/mol. The molecule has 0 saturated heterocycles. The van der Waals surface area contributed by atoms with E-state index in [1.807, 2.05) is 0 Å². The van der Waals surface area contributed by atoms with Gasteiger partial charge in [0.05, 0.1) is 19.8 Å². The van der Waals surface area contributed by atoms with Crippen molar-refractivity contribution in [3.63, 3.8) is 0 Å². The lowest BCUT2D eigenvalue weighted by atomic mass is 10.3. The van der Waals surface area contributed by atoms with Gasteiger partial charge in [-0.15, -0.1) is 0 Å². The van der Waals surface area contributed by atoms with Crippen molar-refractivity contribution in [1.29, 1.82) is 0 Å². The first-order valence-corrected chi connectivity index (χ1v) is 5.58. The fourth-order valence-electron chi connectivity index (χ4n) is 1.37. The molecule has 0 aliphatic heterocycles. The molecule has 1 aromatic heterocycles. The number of hydrogen-bond acceptors (Lipinski definition) is 4. The fourth-order valence-corrected chi connectivity index (χ4v) is 1.83. The molecule has 1 rings (SSSR count). The summed E-state index contributed by atoms with van der Waals surface area (Å²) in [6.07, 6.45) is 1.68. The Balaban J connectivity index is 2.90. The number of esters is 1. The van der Waals surface area contributed by atoms with E-state index < -0.39 is 0 Å². The van der Waals surface area contributed by atoms with Crippen LogP contribution in [-0.2, 0) is 16.0 Å². The van der Waals surface area contributed by atoms with Crippen molar-refractivity contribution >= 4 is 21.9 Å². The van der Waals surface area contributed by atoms with Crippen LogP contribution in [0.2, 0.25) is 0 Å². The van der Waals surface area contributed by atoms with Crippen LogP contribution in [0.3, 0.4) is 0 Å². The zero-order chi connectivity index (χ0) is 12.1. The average molecular weight is 291 g/mol. The van der Waals surface area contributed by atoms with Gasteiger partial charge in [-0.2, -0.15) is 0 Å². The second-order valence-electron chi connectivity index (χ2n) is 3.28. The minimum Gasteiger partial charge on any atom is -0.464 e. The molecule has 16 heavy (non-hydrogen) atoms. The first-order valence-electron chi connectivity index (χ1n) is 4.79. The second kappa shape index (κ2) is 6.03. The van der Waals surface area contributed by atoms with Gasteiger partial charge in [-0.25, -0.2) is 4.79 Å². The summed E-state index contributed by atoms with van der Waals surface area (Å²) in [5.74, 6) is -0.377. The van der Waals surface area contributed by atoms with E-state index in [2.05, 4.69) is 20.7 Å². The molecule has 0 spiro atoms. The van der Waals surface area contributed by atoms with E-state index in [1.54, 1.807) is 23.9 Å². The molecular formula is C10H15BrN2O3. The van der Waals surface area contributed by atoms with Crippen LogP contribution in [0.4, 0.5) is 0 Å². The summed E-state index contributed by atoms with van der Waals surface area (Å²) >= 11 is 3.31. The Bertz CT molecular complexity index is 361. The summed E-state index contributed by atoms with van der Waals surface area (Å²) < 4.78 is 12.4. The molecule has 0 bridgehead atoms. The predicted octanol–water partition coefficient (Wildman–Crippen LogP) is 1.01. The van der Waals surface area contributed by atoms with Crippen molar-refractivity contribution in [2.24, 2.45) is 5.73 Å². The van der Waals surface area contributed by atoms with Gasteiger partial charge in [0.25, 0.3) is 0 Å². The summed E-state index contributed by atoms with van der Waals surface area (Å²) in [6.45, 7) is 0.913. The number of halogens is 1. The van der Waals surface area contributed by atoms with Gasteiger partial charge in [-0.3, -0.25) is 0 Å². The van der Waals surface area contributed by atoms with Crippen LogP contribution in [0.15, 0.2) is 16.7 Å². The molecule has 6 heteroatoms. The number of carbonyl (C=O) groups is 1. The van der Waals surface area contributed by atoms with E-state index >= 15 is 0 Å². The minimum atomic E-state index is -0.377. The number of rotatable bonds is 5. The number of nitrogens with two attached hydrogens (primary N) is 1. The molecule has 1 aromatic rings. The molecule has 0 amide bonds. The molecule has 0 aromatic carbocycles. The van der Waals surface area contributed by atoms with Crippen molar-refractivity contribution in [2.45, 2.75) is 12.6 Å². The molecule has 90 valence electrons. The van der Waals surface area contributed by atoms with E-state index in [-0.39, 0.29) is 12.1 Å². The Morgan fingerprint density at radius 1 is 1.62 bits per heavy atom. The molecule has 0 fully saturated rings. The highest BCUT2D eigenvalue weighted by Gasteiger charge is 2.16. The normalized spacial score (nSPS) is 12.5. The number of ether oxygens (including phenoxy) is 2. The topological polar surface area (TPSA) is 66.5 Å². The van der Waals surface area contributed by atoms with Gasteiger partial charge in [-0.05, 0) is 22.0 Å². The summed E-state index contributed by atoms with van der Waals surface area (Å²) in [5.41, 5.74) is 6.01. The van der Waals surface area contributed by atoms with Crippen molar-refractivity contribution in [2.75, 3.05) is 20.8 Å². The molecule has 0 aliphatic carbocycles. The zero-order valence-electron chi connectivity index (χ0n) is 9.27. The maximum absolute atomic E-state index is 11.5. The SMILES string of the molecule is COC(=O)c1cc(Br)cn1C[C@@H](CN)OC. The highest BCUT2D eigenvalue weighted by Crippen LogP contribution is 2.16. The van der Waals surface area contributed by atoms with Crippen LogP contribution < -0.4 is 5.73 Å². The smallest absolute Gasteiger partial charge is 0.354 e. The maximum Gasteiger partial charge on any atom is 0.354 e. The van der Waals surface area contributed by atoms with Crippen LogP contribution >= 0.6 is 15.9 Å². The summed E-state index contributed by atoms with van der Waals surface area (Å²) in [7, 11) is 2.94. The molecular weight excluding hydrogens is 276 g/mol. The number of carbonyl (C=O) groups excluding carboxylic acids is 1.